The summed E-state index contributed by atoms with van der Waals surface area (Å²) in [6.07, 6.45) is 1.69. The molecule has 0 atom stereocenters. The molecule has 2 heterocycles. The number of para-hydroxylation sites is 1. The lowest BCUT2D eigenvalue weighted by Crippen LogP contribution is -2.46. The molecule has 0 radical (unpaired) electrons. The van der Waals surface area contributed by atoms with E-state index in [4.69, 9.17) is 14.3 Å². The maximum Gasteiger partial charge on any atom is 0.415 e. The van der Waals surface area contributed by atoms with Gasteiger partial charge in [-0.25, -0.2) is 9.18 Å². The van der Waals surface area contributed by atoms with Gasteiger partial charge in [0.25, 0.3) is 0 Å². The second-order valence-electron chi connectivity index (χ2n) is 9.90. The van der Waals surface area contributed by atoms with Gasteiger partial charge in [0.2, 0.25) is 0 Å². The fourth-order valence-corrected chi connectivity index (χ4v) is 5.47. The lowest BCUT2D eigenvalue weighted by Gasteiger charge is -2.37. The number of rotatable bonds is 4. The van der Waals surface area contributed by atoms with Crippen LogP contribution in [0.15, 0.2) is 60.7 Å². The van der Waals surface area contributed by atoms with Crippen molar-refractivity contribution in [2.24, 2.45) is 0 Å². The molecule has 5 rings (SSSR count). The van der Waals surface area contributed by atoms with Crippen LogP contribution in [0.3, 0.4) is 0 Å². The Morgan fingerprint density at radius 3 is 2.14 bits per heavy atom. The highest BCUT2D eigenvalue weighted by Gasteiger charge is 2.47. The van der Waals surface area contributed by atoms with Crippen LogP contribution in [0.25, 0.3) is 11.1 Å². The van der Waals surface area contributed by atoms with Gasteiger partial charge < -0.3 is 4.74 Å². The van der Waals surface area contributed by atoms with Crippen molar-refractivity contribution < 1.29 is 23.5 Å². The topological polar surface area (TPSA) is 66.9 Å². The molecule has 2 fully saturated rings. The molecule has 37 heavy (non-hydrogen) atoms. The summed E-state index contributed by atoms with van der Waals surface area (Å²) in [7, 11) is 0. The molecule has 1 spiro atoms. The molecule has 3 aromatic rings. The molecule has 0 N–H and O–H groups in total. The number of piperidine rings is 1. The van der Waals surface area contributed by atoms with Gasteiger partial charge in [0, 0.05) is 38.2 Å². The van der Waals surface area contributed by atoms with Crippen molar-refractivity contribution in [2.75, 3.05) is 24.5 Å². The van der Waals surface area contributed by atoms with Crippen molar-refractivity contribution in [3.63, 3.8) is 0 Å². The van der Waals surface area contributed by atoms with Crippen LogP contribution in [0.1, 0.15) is 35.1 Å². The molecular formula is C30H31FN2O4. The predicted octanol–water partition coefficient (Wildman–Crippen LogP) is 5.83. The molecule has 2 aliphatic rings. The van der Waals surface area contributed by atoms with E-state index in [9.17, 15) is 9.18 Å². The van der Waals surface area contributed by atoms with Crippen molar-refractivity contribution >= 4 is 17.9 Å². The Bertz CT molecular complexity index is 1290. The summed E-state index contributed by atoms with van der Waals surface area (Å²) < 4.78 is 19.7. The quantitative estimate of drug-likeness (QED) is 0.449. The van der Waals surface area contributed by atoms with Crippen molar-refractivity contribution in [1.82, 2.24) is 4.90 Å². The van der Waals surface area contributed by atoms with E-state index < -0.39 is 0 Å². The number of hydrogen-bond acceptors (Lipinski definition) is 5. The third-order valence-corrected chi connectivity index (χ3v) is 7.25. The minimum absolute atomic E-state index is 0.168. The molecule has 6 nitrogen and oxygen atoms in total. The SMILES string of the molecule is Cc1cc(-c2c(C)cc(CN3CCC4(CC3)CN(c3ccccc3)C(=O)O4)cc2C)ccc1F.O=C=O. The summed E-state index contributed by atoms with van der Waals surface area (Å²) in [6, 6.07) is 19.6. The van der Waals surface area contributed by atoms with E-state index in [1.54, 1.807) is 11.0 Å². The Morgan fingerprint density at radius 2 is 1.54 bits per heavy atom. The summed E-state index contributed by atoms with van der Waals surface area (Å²) in [5, 5.41) is 0. The zero-order chi connectivity index (χ0) is 26.6. The van der Waals surface area contributed by atoms with E-state index in [-0.39, 0.29) is 23.7 Å². The highest BCUT2D eigenvalue weighted by atomic mass is 19.1. The van der Waals surface area contributed by atoms with Crippen LogP contribution in [0.2, 0.25) is 0 Å². The Morgan fingerprint density at radius 1 is 0.919 bits per heavy atom. The van der Waals surface area contributed by atoms with Crippen molar-refractivity contribution in [1.29, 1.82) is 0 Å². The van der Waals surface area contributed by atoms with Gasteiger partial charge in [0.05, 0.1) is 6.54 Å². The molecule has 1 amide bonds. The largest absolute Gasteiger partial charge is 0.441 e. The lowest BCUT2D eigenvalue weighted by atomic mass is 9.90. The molecule has 2 aliphatic heterocycles. The van der Waals surface area contributed by atoms with Crippen molar-refractivity contribution in [3.8, 4) is 11.1 Å². The minimum Gasteiger partial charge on any atom is -0.441 e. The highest BCUT2D eigenvalue weighted by Crippen LogP contribution is 2.36. The molecule has 0 aliphatic carbocycles. The number of carbonyl (C=O) groups is 1. The van der Waals surface area contributed by atoms with Gasteiger partial charge in [-0.05, 0) is 78.4 Å². The summed E-state index contributed by atoms with van der Waals surface area (Å²) in [6.45, 7) is 9.35. The number of aryl methyl sites for hydroxylation is 3. The smallest absolute Gasteiger partial charge is 0.415 e. The summed E-state index contributed by atoms with van der Waals surface area (Å²) in [5.41, 5.74) is 7.11. The van der Waals surface area contributed by atoms with Gasteiger partial charge in [-0.15, -0.1) is 0 Å². The average Bonchev–Trinajstić information content (AvgIpc) is 3.19. The molecule has 2 saturated heterocycles. The summed E-state index contributed by atoms with van der Waals surface area (Å²) >= 11 is 0. The van der Waals surface area contributed by atoms with Crippen LogP contribution in [0.5, 0.6) is 0 Å². The van der Waals surface area contributed by atoms with Crippen LogP contribution in [-0.2, 0) is 20.9 Å². The second-order valence-corrected chi connectivity index (χ2v) is 9.90. The number of ether oxygens (including phenoxy) is 1. The van der Waals surface area contributed by atoms with Gasteiger partial charge in [0.15, 0.2) is 0 Å². The first-order valence-corrected chi connectivity index (χ1v) is 12.4. The number of carbonyl (C=O) groups excluding carboxylic acids is 3. The van der Waals surface area contributed by atoms with Gasteiger partial charge in [-0.1, -0.05) is 36.4 Å². The van der Waals surface area contributed by atoms with E-state index >= 15 is 0 Å². The number of likely N-dealkylation sites (tertiary alicyclic amines) is 1. The molecule has 0 aromatic heterocycles. The third kappa shape index (κ3) is 5.79. The number of nitrogens with zero attached hydrogens (tertiary/aromatic N) is 2. The van der Waals surface area contributed by atoms with E-state index in [0.29, 0.717) is 12.1 Å². The standard InChI is InChI=1S/C29H31FN2O2.CO2/c1-20-17-24(9-10-26(20)30)27-21(2)15-23(16-22(27)3)18-31-13-11-29(12-14-31)19-32(28(33)34-29)25-7-5-4-6-8-25;2-1-3/h4-10,15-17H,11-14,18-19H2,1-3H3;. The molecule has 0 saturated carbocycles. The number of hydrogen-bond donors (Lipinski definition) is 0. The Labute approximate surface area is 216 Å². The van der Waals surface area contributed by atoms with E-state index in [1.807, 2.05) is 49.4 Å². The van der Waals surface area contributed by atoms with E-state index in [0.717, 1.165) is 43.7 Å². The minimum atomic E-state index is -0.389. The summed E-state index contributed by atoms with van der Waals surface area (Å²) in [5.74, 6) is -0.168. The van der Waals surface area contributed by atoms with Crippen LogP contribution in [0.4, 0.5) is 14.9 Å². The molecule has 0 unspecified atom stereocenters. The van der Waals surface area contributed by atoms with E-state index in [2.05, 4.69) is 30.9 Å². The number of benzene rings is 3. The van der Waals surface area contributed by atoms with Crippen LogP contribution in [-0.4, -0.2) is 42.4 Å². The third-order valence-electron chi connectivity index (χ3n) is 7.25. The van der Waals surface area contributed by atoms with E-state index in [1.165, 1.54) is 22.3 Å². The summed E-state index contributed by atoms with van der Waals surface area (Å²) in [4.78, 5) is 33.0. The van der Waals surface area contributed by atoms with Gasteiger partial charge in [-0.2, -0.15) is 9.59 Å². The molecule has 3 aromatic carbocycles. The lowest BCUT2D eigenvalue weighted by molar-refractivity contribution is -0.191. The molecule has 192 valence electrons. The predicted molar refractivity (Wildman–Crippen MR) is 139 cm³/mol. The Balaban J connectivity index is 0.00000102. The van der Waals surface area contributed by atoms with Gasteiger partial charge in [-0.3, -0.25) is 9.80 Å². The van der Waals surface area contributed by atoms with Crippen LogP contribution in [0, 0.1) is 26.6 Å². The maximum atomic E-state index is 13.7. The second kappa shape index (κ2) is 11.1. The maximum absolute atomic E-state index is 13.7. The molecular weight excluding hydrogens is 471 g/mol. The first-order chi connectivity index (χ1) is 17.7. The van der Waals surface area contributed by atoms with Crippen molar-refractivity contribution in [3.05, 3.63) is 88.7 Å². The van der Waals surface area contributed by atoms with Crippen molar-refractivity contribution in [2.45, 2.75) is 45.8 Å². The van der Waals surface area contributed by atoms with Gasteiger partial charge >= 0.3 is 12.2 Å². The van der Waals surface area contributed by atoms with Crippen LogP contribution >= 0.6 is 0 Å². The zero-order valence-electron chi connectivity index (χ0n) is 21.4. The average molecular weight is 503 g/mol. The fraction of sp³-hybridized carbons (Fsp3) is 0.333. The molecule has 0 bridgehead atoms. The van der Waals surface area contributed by atoms with Gasteiger partial charge in [0.1, 0.15) is 11.4 Å². The zero-order valence-corrected chi connectivity index (χ0v) is 21.4. The first-order valence-electron chi connectivity index (χ1n) is 12.4. The number of halogens is 1. The number of anilines is 1. The highest BCUT2D eigenvalue weighted by molar-refractivity contribution is 5.90. The fourth-order valence-electron chi connectivity index (χ4n) is 5.47. The Kier molecular flexibility index (Phi) is 7.86. The normalized spacial score (nSPS) is 16.6. The Hall–Kier alpha value is -3.80. The molecule has 7 heteroatoms. The number of amides is 1. The van der Waals surface area contributed by atoms with Crippen LogP contribution < -0.4 is 4.90 Å². The first kappa shape index (κ1) is 26.3. The monoisotopic (exact) mass is 502 g/mol.